The number of amides is 1. The number of esters is 2. The number of phenolic OH excluding ortho intramolecular Hbond substituents is 1. The Kier molecular flexibility index (Phi) is 9.30. The molecule has 0 radical (unpaired) electrons. The summed E-state index contributed by atoms with van der Waals surface area (Å²) < 4.78 is 10.00. The number of rotatable bonds is 10. The zero-order chi connectivity index (χ0) is 33.4. The van der Waals surface area contributed by atoms with Crippen LogP contribution in [0.3, 0.4) is 0 Å². The second-order valence-corrected chi connectivity index (χ2v) is 13.7. The highest BCUT2D eigenvalue weighted by atomic mass is 16.5. The first-order valence-electron chi connectivity index (χ1n) is 15.9. The second-order valence-electron chi connectivity index (χ2n) is 13.7. The number of Topliss-reactive ketones (excluding diaryl/α,β-unsaturated/α-hetero) is 1. The fourth-order valence-electron chi connectivity index (χ4n) is 8.81. The monoisotopic (exact) mass is 637 g/mol. The van der Waals surface area contributed by atoms with Crippen LogP contribution in [0.2, 0.25) is 0 Å². The normalized spacial score (nSPS) is 33.5. The van der Waals surface area contributed by atoms with Crippen LogP contribution in [0, 0.1) is 28.6 Å². The summed E-state index contributed by atoms with van der Waals surface area (Å²) >= 11 is 0. The molecule has 8 atom stereocenters. The predicted octanol–water partition coefficient (Wildman–Crippen LogP) is 2.49. The van der Waals surface area contributed by atoms with E-state index in [4.69, 9.17) is 9.47 Å². The van der Waals surface area contributed by atoms with E-state index in [9.17, 15) is 39.3 Å². The van der Waals surface area contributed by atoms with Gasteiger partial charge in [-0.3, -0.25) is 19.2 Å². The van der Waals surface area contributed by atoms with Crippen molar-refractivity contribution in [2.45, 2.75) is 83.0 Å². The maximum Gasteiger partial charge on any atom is 0.328 e. The Labute approximate surface area is 268 Å². The Morgan fingerprint density at radius 3 is 2.50 bits per heavy atom. The zero-order valence-corrected chi connectivity index (χ0v) is 26.5. The van der Waals surface area contributed by atoms with Crippen molar-refractivity contribution in [3.8, 4) is 5.75 Å². The van der Waals surface area contributed by atoms with Crippen molar-refractivity contribution in [2.75, 3.05) is 13.7 Å². The van der Waals surface area contributed by atoms with Crippen LogP contribution in [0.5, 0.6) is 5.75 Å². The summed E-state index contributed by atoms with van der Waals surface area (Å²) in [5.74, 6) is -2.83. The van der Waals surface area contributed by atoms with Crippen molar-refractivity contribution in [3.05, 3.63) is 53.6 Å². The number of carbonyl (C=O) groups is 5. The quantitative estimate of drug-likeness (QED) is 0.279. The molecule has 1 aromatic rings. The molecule has 0 unspecified atom stereocenters. The number of benzene rings is 1. The first kappa shape index (κ1) is 33.5. The van der Waals surface area contributed by atoms with Crippen LogP contribution in [0.4, 0.5) is 0 Å². The summed E-state index contributed by atoms with van der Waals surface area (Å²) in [5, 5.41) is 35.4. The standard InChI is InChI=1S/C35H43NO10/c1-33-14-12-23(38)17-21(33)6-9-24-25-13-15-35(44,34(25,2)18-27(39)31(24)33)28(40)19-46-30(42)11-10-29(41)36-26(32(43)45-3)16-20-4-7-22(37)8-5-20/h4-5,7-8,12,14,17,24-27,31,37,39,44H,6,9-11,13,15-16,18-19H2,1-3H3,(H,36,41)/t24-,25-,26-,27-,31+,33-,34-,35+/m0/s1. The van der Waals surface area contributed by atoms with Crippen molar-refractivity contribution in [3.63, 3.8) is 0 Å². The number of hydrogen-bond donors (Lipinski definition) is 4. The molecule has 5 rings (SSSR count). The highest BCUT2D eigenvalue weighted by molar-refractivity contribution is 6.01. The van der Waals surface area contributed by atoms with Crippen LogP contribution in [0.25, 0.3) is 0 Å². The number of ketones is 2. The molecule has 0 saturated heterocycles. The van der Waals surface area contributed by atoms with Gasteiger partial charge in [0.05, 0.1) is 19.6 Å². The molecule has 1 aromatic carbocycles. The molecule has 0 heterocycles. The highest BCUT2D eigenvalue weighted by Gasteiger charge is 2.68. The van der Waals surface area contributed by atoms with E-state index in [-0.39, 0.29) is 61.4 Å². The molecule has 3 fully saturated rings. The number of nitrogens with one attached hydrogen (secondary N) is 1. The molecule has 3 saturated carbocycles. The van der Waals surface area contributed by atoms with E-state index in [0.29, 0.717) is 18.4 Å². The minimum atomic E-state index is -1.79. The van der Waals surface area contributed by atoms with Crippen LogP contribution in [-0.4, -0.2) is 76.2 Å². The van der Waals surface area contributed by atoms with E-state index in [0.717, 1.165) is 12.0 Å². The molecule has 4 aliphatic carbocycles. The smallest absolute Gasteiger partial charge is 0.328 e. The second kappa shape index (κ2) is 12.8. The zero-order valence-electron chi connectivity index (χ0n) is 26.5. The lowest BCUT2D eigenvalue weighted by Crippen LogP contribution is -2.61. The van der Waals surface area contributed by atoms with E-state index in [1.54, 1.807) is 24.3 Å². The summed E-state index contributed by atoms with van der Waals surface area (Å²) in [6.45, 7) is 3.24. The number of aliphatic hydroxyl groups excluding tert-OH is 1. The van der Waals surface area contributed by atoms with Crippen molar-refractivity contribution in [2.24, 2.45) is 28.6 Å². The van der Waals surface area contributed by atoms with Gasteiger partial charge in [0.15, 0.2) is 12.4 Å². The summed E-state index contributed by atoms with van der Waals surface area (Å²) in [4.78, 5) is 62.9. The molecule has 4 aliphatic rings. The molecule has 4 N–H and O–H groups in total. The van der Waals surface area contributed by atoms with Crippen molar-refractivity contribution in [1.82, 2.24) is 5.32 Å². The van der Waals surface area contributed by atoms with Gasteiger partial charge in [-0.2, -0.15) is 0 Å². The van der Waals surface area contributed by atoms with E-state index in [1.807, 2.05) is 13.0 Å². The number of methoxy groups -OCH3 is 1. The van der Waals surface area contributed by atoms with Crippen LogP contribution >= 0.6 is 0 Å². The fourth-order valence-corrected chi connectivity index (χ4v) is 8.81. The number of phenols is 1. The molecule has 46 heavy (non-hydrogen) atoms. The first-order chi connectivity index (χ1) is 21.7. The molecule has 0 bridgehead atoms. The molecular formula is C35H43NO10. The van der Waals surface area contributed by atoms with Crippen LogP contribution < -0.4 is 5.32 Å². The third kappa shape index (κ3) is 6.02. The molecule has 248 valence electrons. The SMILES string of the molecule is COC(=O)[C@H](Cc1ccc(O)cc1)NC(=O)CCC(=O)OCC(=O)[C@]1(O)CC[C@H]2[C@@H]3CCC4=CC(=O)C=C[C@]4(C)[C@H]3[C@@H](O)C[C@@]21C. The predicted molar refractivity (Wildman–Crippen MR) is 164 cm³/mol. The highest BCUT2D eigenvalue weighted by Crippen LogP contribution is 2.67. The first-order valence-corrected chi connectivity index (χ1v) is 15.9. The average molecular weight is 638 g/mol. The number of aromatic hydroxyl groups is 1. The molecule has 1 amide bonds. The number of aliphatic hydroxyl groups is 2. The maximum atomic E-state index is 13.5. The van der Waals surface area contributed by atoms with Crippen LogP contribution in [0.15, 0.2) is 48.1 Å². The Bertz CT molecular complexity index is 1470. The van der Waals surface area contributed by atoms with Gasteiger partial charge in [0.1, 0.15) is 17.4 Å². The molecule has 11 heteroatoms. The number of allylic oxidation sites excluding steroid dienone is 4. The molecule has 0 spiro atoms. The van der Waals surface area contributed by atoms with Gasteiger partial charge in [-0.15, -0.1) is 0 Å². The van der Waals surface area contributed by atoms with Gasteiger partial charge in [-0.1, -0.05) is 37.6 Å². The average Bonchev–Trinajstić information content (AvgIpc) is 3.29. The largest absolute Gasteiger partial charge is 0.508 e. The van der Waals surface area contributed by atoms with Gasteiger partial charge in [0.2, 0.25) is 11.7 Å². The number of carbonyl (C=O) groups excluding carboxylic acids is 5. The topological polar surface area (TPSA) is 177 Å². The molecule has 0 aromatic heterocycles. The van der Waals surface area contributed by atoms with Gasteiger partial charge >= 0.3 is 11.9 Å². The summed E-state index contributed by atoms with van der Waals surface area (Å²) in [5.41, 5.74) is -1.49. The van der Waals surface area contributed by atoms with Crippen molar-refractivity contribution in [1.29, 1.82) is 0 Å². The Balaban J connectivity index is 1.16. The van der Waals surface area contributed by atoms with Gasteiger partial charge in [0.25, 0.3) is 0 Å². The lowest BCUT2D eigenvalue weighted by atomic mass is 9.46. The summed E-state index contributed by atoms with van der Waals surface area (Å²) in [7, 11) is 1.19. The van der Waals surface area contributed by atoms with E-state index in [1.165, 1.54) is 19.2 Å². The van der Waals surface area contributed by atoms with Gasteiger partial charge in [-0.25, -0.2) is 4.79 Å². The molecule has 0 aliphatic heterocycles. The molecular weight excluding hydrogens is 594 g/mol. The fraction of sp³-hybridized carbons (Fsp3) is 0.571. The van der Waals surface area contributed by atoms with E-state index in [2.05, 4.69) is 12.2 Å². The van der Waals surface area contributed by atoms with Crippen LogP contribution in [0.1, 0.15) is 64.4 Å². The number of ether oxygens (including phenoxy) is 2. The molecule has 11 nitrogen and oxygen atoms in total. The number of fused-ring (bicyclic) bond motifs is 5. The summed E-state index contributed by atoms with van der Waals surface area (Å²) in [6.07, 6.45) is 6.24. The minimum Gasteiger partial charge on any atom is -0.508 e. The van der Waals surface area contributed by atoms with Gasteiger partial charge in [0, 0.05) is 29.6 Å². The Hall–Kier alpha value is -3.83. The van der Waals surface area contributed by atoms with E-state index < -0.39 is 58.8 Å². The van der Waals surface area contributed by atoms with Gasteiger partial charge in [-0.05, 0) is 73.8 Å². The Morgan fingerprint density at radius 1 is 1.09 bits per heavy atom. The third-order valence-corrected chi connectivity index (χ3v) is 11.2. The van der Waals surface area contributed by atoms with Crippen molar-refractivity contribution < 1.29 is 48.8 Å². The minimum absolute atomic E-state index is 0.0389. The summed E-state index contributed by atoms with van der Waals surface area (Å²) in [6, 6.07) is 5.12. The lowest BCUT2D eigenvalue weighted by molar-refractivity contribution is -0.181. The van der Waals surface area contributed by atoms with Crippen molar-refractivity contribution >= 4 is 29.4 Å². The Morgan fingerprint density at radius 2 is 1.80 bits per heavy atom. The lowest BCUT2D eigenvalue weighted by Gasteiger charge is -2.59. The van der Waals surface area contributed by atoms with Gasteiger partial charge < -0.3 is 30.1 Å². The third-order valence-electron chi connectivity index (χ3n) is 11.2. The maximum absolute atomic E-state index is 13.5. The van der Waals surface area contributed by atoms with Crippen LogP contribution in [-0.2, 0) is 39.9 Å². The van der Waals surface area contributed by atoms with E-state index >= 15 is 0 Å². The number of hydrogen-bond acceptors (Lipinski definition) is 10.